The molecule has 0 aliphatic carbocycles. The predicted octanol–water partition coefficient (Wildman–Crippen LogP) is 3.13. The molecule has 0 radical (unpaired) electrons. The first-order valence-corrected chi connectivity index (χ1v) is 7.86. The second-order valence-electron chi connectivity index (χ2n) is 5.21. The van der Waals surface area contributed by atoms with Gasteiger partial charge in [0.05, 0.1) is 19.6 Å². The van der Waals surface area contributed by atoms with Gasteiger partial charge in [0.25, 0.3) is 0 Å². The van der Waals surface area contributed by atoms with Gasteiger partial charge < -0.3 is 14.8 Å². The highest BCUT2D eigenvalue weighted by Crippen LogP contribution is 2.19. The molecule has 1 amide bonds. The van der Waals surface area contributed by atoms with Gasteiger partial charge in [0.2, 0.25) is 5.91 Å². The lowest BCUT2D eigenvalue weighted by Crippen LogP contribution is -2.29. The van der Waals surface area contributed by atoms with E-state index in [0.29, 0.717) is 26.2 Å². The van der Waals surface area contributed by atoms with Crippen LogP contribution < -0.4 is 14.8 Å². The van der Waals surface area contributed by atoms with Crippen molar-refractivity contribution < 1.29 is 14.3 Å². The number of amides is 1. The van der Waals surface area contributed by atoms with Gasteiger partial charge in [0.1, 0.15) is 18.1 Å². The molecule has 0 aliphatic heterocycles. The molecule has 1 N–H and O–H groups in total. The number of hydrogen-bond acceptors (Lipinski definition) is 3. The minimum absolute atomic E-state index is 0.00553. The highest BCUT2D eigenvalue weighted by molar-refractivity contribution is 5.78. The first-order valence-electron chi connectivity index (χ1n) is 7.86. The van der Waals surface area contributed by atoms with Crippen molar-refractivity contribution in [3.05, 3.63) is 59.7 Å². The van der Waals surface area contributed by atoms with Crippen LogP contribution in [0.3, 0.4) is 0 Å². The van der Waals surface area contributed by atoms with E-state index in [-0.39, 0.29) is 5.91 Å². The van der Waals surface area contributed by atoms with Gasteiger partial charge in [-0.3, -0.25) is 4.79 Å². The van der Waals surface area contributed by atoms with Crippen LogP contribution in [0.4, 0.5) is 0 Å². The fraction of sp³-hybridized carbons (Fsp3) is 0.316. The van der Waals surface area contributed by atoms with Gasteiger partial charge in [-0.05, 0) is 37.1 Å². The van der Waals surface area contributed by atoms with Crippen molar-refractivity contribution in [2.75, 3.05) is 19.8 Å². The summed E-state index contributed by atoms with van der Waals surface area (Å²) in [5.74, 6) is 1.53. The van der Waals surface area contributed by atoms with Gasteiger partial charge in [-0.25, -0.2) is 0 Å². The van der Waals surface area contributed by atoms with E-state index in [2.05, 4.69) is 5.32 Å². The van der Waals surface area contributed by atoms with Gasteiger partial charge in [-0.15, -0.1) is 0 Å². The number of hydrogen-bond donors (Lipinski definition) is 1. The van der Waals surface area contributed by atoms with E-state index in [1.54, 1.807) is 0 Å². The summed E-state index contributed by atoms with van der Waals surface area (Å²) in [6, 6.07) is 15.4. The van der Waals surface area contributed by atoms with Crippen LogP contribution in [0, 0.1) is 6.92 Å². The van der Waals surface area contributed by atoms with Crippen molar-refractivity contribution in [2.24, 2.45) is 0 Å². The van der Waals surface area contributed by atoms with E-state index in [9.17, 15) is 4.79 Å². The number of nitrogens with one attached hydrogen (secondary N) is 1. The van der Waals surface area contributed by atoms with Crippen molar-refractivity contribution in [3.63, 3.8) is 0 Å². The molecule has 0 bridgehead atoms. The summed E-state index contributed by atoms with van der Waals surface area (Å²) in [5, 5.41) is 2.87. The molecule has 0 saturated heterocycles. The summed E-state index contributed by atoms with van der Waals surface area (Å²) in [4.78, 5) is 11.9. The molecular formula is C19H23NO3. The maximum Gasteiger partial charge on any atom is 0.224 e. The van der Waals surface area contributed by atoms with Crippen LogP contribution in [-0.4, -0.2) is 25.7 Å². The molecule has 0 unspecified atom stereocenters. The molecule has 0 spiro atoms. The van der Waals surface area contributed by atoms with E-state index in [1.165, 1.54) is 0 Å². The number of ether oxygens (including phenoxy) is 2. The van der Waals surface area contributed by atoms with Gasteiger partial charge in [-0.2, -0.15) is 0 Å². The molecule has 2 aromatic carbocycles. The molecule has 4 heteroatoms. The van der Waals surface area contributed by atoms with E-state index in [0.717, 1.165) is 22.6 Å². The summed E-state index contributed by atoms with van der Waals surface area (Å²) in [5.41, 5.74) is 2.18. The van der Waals surface area contributed by atoms with E-state index >= 15 is 0 Å². The average molecular weight is 313 g/mol. The van der Waals surface area contributed by atoms with E-state index in [1.807, 2.05) is 62.4 Å². The van der Waals surface area contributed by atoms with Crippen molar-refractivity contribution in [1.82, 2.24) is 5.32 Å². The van der Waals surface area contributed by atoms with Crippen molar-refractivity contribution >= 4 is 5.91 Å². The average Bonchev–Trinajstić information content (AvgIpc) is 2.55. The summed E-state index contributed by atoms with van der Waals surface area (Å²) in [7, 11) is 0. The number of carbonyl (C=O) groups is 1. The highest BCUT2D eigenvalue weighted by Gasteiger charge is 2.05. The van der Waals surface area contributed by atoms with Crippen molar-refractivity contribution in [2.45, 2.75) is 20.3 Å². The Balaban J connectivity index is 1.72. The molecule has 4 nitrogen and oxygen atoms in total. The molecule has 0 aromatic heterocycles. The number of carbonyl (C=O) groups excluding carboxylic acids is 1. The monoisotopic (exact) mass is 313 g/mol. The number of benzene rings is 2. The zero-order valence-electron chi connectivity index (χ0n) is 13.7. The van der Waals surface area contributed by atoms with Gasteiger partial charge in [-0.1, -0.05) is 30.3 Å². The zero-order valence-corrected chi connectivity index (χ0v) is 13.7. The third-order valence-electron chi connectivity index (χ3n) is 3.42. The fourth-order valence-corrected chi connectivity index (χ4v) is 2.22. The van der Waals surface area contributed by atoms with Crippen LogP contribution in [0.15, 0.2) is 48.5 Å². The maximum absolute atomic E-state index is 11.9. The first-order chi connectivity index (χ1) is 11.2. The third-order valence-corrected chi connectivity index (χ3v) is 3.42. The molecule has 0 heterocycles. The summed E-state index contributed by atoms with van der Waals surface area (Å²) in [6.07, 6.45) is 0.395. The molecule has 23 heavy (non-hydrogen) atoms. The van der Waals surface area contributed by atoms with E-state index < -0.39 is 0 Å². The minimum atomic E-state index is 0.00553. The molecule has 0 aliphatic rings. The standard InChI is InChI=1S/C19H23NO3/c1-3-22-17-9-6-10-18(14-17)23-12-11-20-19(21)13-16-8-5-4-7-15(16)2/h4-10,14H,3,11-13H2,1-2H3,(H,20,21). The van der Waals surface area contributed by atoms with Crippen molar-refractivity contribution in [1.29, 1.82) is 0 Å². The summed E-state index contributed by atoms with van der Waals surface area (Å²) >= 11 is 0. The molecular weight excluding hydrogens is 290 g/mol. The van der Waals surface area contributed by atoms with Gasteiger partial charge in [0.15, 0.2) is 0 Å². The quantitative estimate of drug-likeness (QED) is 0.762. The van der Waals surface area contributed by atoms with Crippen LogP contribution in [0.25, 0.3) is 0 Å². The van der Waals surface area contributed by atoms with Crippen LogP contribution in [-0.2, 0) is 11.2 Å². The summed E-state index contributed by atoms with van der Waals surface area (Å²) in [6.45, 7) is 5.48. The Kier molecular flexibility index (Phi) is 6.48. The van der Waals surface area contributed by atoms with Crippen LogP contribution >= 0.6 is 0 Å². The smallest absolute Gasteiger partial charge is 0.224 e. The Bertz CT molecular complexity index is 640. The Labute approximate surface area is 137 Å². The second-order valence-corrected chi connectivity index (χ2v) is 5.21. The third kappa shape index (κ3) is 5.66. The topological polar surface area (TPSA) is 47.6 Å². The summed E-state index contributed by atoms with van der Waals surface area (Å²) < 4.78 is 11.0. The molecule has 122 valence electrons. The molecule has 0 fully saturated rings. The van der Waals surface area contributed by atoms with Crippen LogP contribution in [0.2, 0.25) is 0 Å². The molecule has 2 rings (SSSR count). The lowest BCUT2D eigenvalue weighted by atomic mass is 10.1. The molecule has 0 atom stereocenters. The molecule has 0 saturated carbocycles. The Morgan fingerprint density at radius 3 is 2.52 bits per heavy atom. The Hall–Kier alpha value is -2.49. The Morgan fingerprint density at radius 2 is 1.78 bits per heavy atom. The van der Waals surface area contributed by atoms with Gasteiger partial charge in [0, 0.05) is 6.07 Å². The number of rotatable bonds is 8. The second kappa shape index (κ2) is 8.83. The normalized spacial score (nSPS) is 10.2. The van der Waals surface area contributed by atoms with Crippen molar-refractivity contribution in [3.8, 4) is 11.5 Å². The minimum Gasteiger partial charge on any atom is -0.494 e. The zero-order chi connectivity index (χ0) is 16.5. The number of aryl methyl sites for hydroxylation is 1. The fourth-order valence-electron chi connectivity index (χ4n) is 2.22. The SMILES string of the molecule is CCOc1cccc(OCCNC(=O)Cc2ccccc2C)c1. The van der Waals surface area contributed by atoms with Crippen LogP contribution in [0.5, 0.6) is 11.5 Å². The van der Waals surface area contributed by atoms with Crippen LogP contribution in [0.1, 0.15) is 18.1 Å². The molecule has 2 aromatic rings. The Morgan fingerprint density at radius 1 is 1.04 bits per heavy atom. The lowest BCUT2D eigenvalue weighted by molar-refractivity contribution is -0.120. The first kappa shape index (κ1) is 16.9. The largest absolute Gasteiger partial charge is 0.494 e. The van der Waals surface area contributed by atoms with Gasteiger partial charge >= 0.3 is 0 Å². The highest BCUT2D eigenvalue weighted by atomic mass is 16.5. The predicted molar refractivity (Wildman–Crippen MR) is 91.0 cm³/mol. The van der Waals surface area contributed by atoms with E-state index in [4.69, 9.17) is 9.47 Å². The lowest BCUT2D eigenvalue weighted by Gasteiger charge is -2.10. The maximum atomic E-state index is 11.9.